The minimum Gasteiger partial charge on any atom is -0.134 e. The Morgan fingerprint density at radius 3 is 2.39 bits per heavy atom. The molecule has 44 heavy (non-hydrogen) atoms. The summed E-state index contributed by atoms with van der Waals surface area (Å²) in [7, 11) is 0. The number of hydrogen-bond donors (Lipinski definition) is 0. The standard InChI is InChI=1S/C42H37BrS/c1-3-16-28(4-2)38-39(30-19-9-6-10-20-30)42(44-41(38)31-21-15-22-32(43)27-31)40-35-25-13-11-23-33(35)37(29-17-7-5-8-18-29)34-24-12-14-26-36(34)40/h3-4,6-7,9-11,13-23,25-27,34,37H,5,8,12,24H2,1-2H3/b16-3-,28-4+. The molecule has 218 valence electrons. The van der Waals surface area contributed by atoms with Crippen molar-refractivity contribution in [2.75, 3.05) is 0 Å². The van der Waals surface area contributed by atoms with E-state index in [0.717, 1.165) is 23.7 Å². The van der Waals surface area contributed by atoms with Crippen LogP contribution in [0.2, 0.25) is 0 Å². The third kappa shape index (κ3) is 5.19. The monoisotopic (exact) mass is 652 g/mol. The average Bonchev–Trinajstić information content (AvgIpc) is 3.46. The second-order valence-corrected chi connectivity index (χ2v) is 13.7. The topological polar surface area (TPSA) is 0 Å². The van der Waals surface area contributed by atoms with Crippen LogP contribution in [0, 0.1) is 5.92 Å². The van der Waals surface area contributed by atoms with E-state index in [9.17, 15) is 0 Å². The molecule has 0 aliphatic heterocycles. The van der Waals surface area contributed by atoms with Crippen molar-refractivity contribution in [3.8, 4) is 21.6 Å². The first-order chi connectivity index (χ1) is 21.7. The maximum Gasteiger partial charge on any atom is 0.0443 e. The number of rotatable bonds is 6. The highest BCUT2D eigenvalue weighted by Gasteiger charge is 2.39. The van der Waals surface area contributed by atoms with Gasteiger partial charge in [0.25, 0.3) is 0 Å². The van der Waals surface area contributed by atoms with Crippen LogP contribution in [0.15, 0.2) is 143 Å². The van der Waals surface area contributed by atoms with E-state index in [2.05, 4.69) is 157 Å². The first-order valence-electron chi connectivity index (χ1n) is 15.8. The molecule has 0 N–H and O–H groups in total. The number of fused-ring (bicyclic) bond motifs is 2. The predicted octanol–water partition coefficient (Wildman–Crippen LogP) is 13.0. The van der Waals surface area contributed by atoms with E-state index < -0.39 is 0 Å². The molecule has 1 aromatic heterocycles. The molecule has 0 nitrogen and oxygen atoms in total. The third-order valence-corrected chi connectivity index (χ3v) is 11.0. The second kappa shape index (κ2) is 12.7. The lowest BCUT2D eigenvalue weighted by atomic mass is 9.64. The van der Waals surface area contributed by atoms with Crippen molar-refractivity contribution in [2.45, 2.75) is 45.4 Å². The fraction of sp³-hybridized carbons (Fsp3) is 0.190. The molecule has 3 aliphatic carbocycles. The Hall–Kier alpha value is -3.72. The Balaban J connectivity index is 1.59. The van der Waals surface area contributed by atoms with Crippen molar-refractivity contribution in [2.24, 2.45) is 5.92 Å². The molecule has 0 saturated carbocycles. The van der Waals surface area contributed by atoms with Crippen LogP contribution in [0.5, 0.6) is 0 Å². The maximum atomic E-state index is 3.77. The Morgan fingerprint density at radius 2 is 1.61 bits per heavy atom. The molecule has 7 rings (SSSR count). The van der Waals surface area contributed by atoms with Gasteiger partial charge in [0.15, 0.2) is 0 Å². The van der Waals surface area contributed by atoms with E-state index in [0.29, 0.717) is 11.8 Å². The van der Waals surface area contributed by atoms with Gasteiger partial charge in [0.1, 0.15) is 0 Å². The van der Waals surface area contributed by atoms with Crippen LogP contribution >= 0.6 is 27.3 Å². The zero-order chi connectivity index (χ0) is 30.0. The van der Waals surface area contributed by atoms with E-state index in [1.165, 1.54) is 71.8 Å². The van der Waals surface area contributed by atoms with Gasteiger partial charge in [-0.05, 0) is 96.6 Å². The summed E-state index contributed by atoms with van der Waals surface area (Å²) in [4.78, 5) is 2.68. The van der Waals surface area contributed by atoms with E-state index in [4.69, 9.17) is 0 Å². The predicted molar refractivity (Wildman–Crippen MR) is 195 cm³/mol. The summed E-state index contributed by atoms with van der Waals surface area (Å²) in [5.74, 6) is 0.851. The fourth-order valence-corrected chi connectivity index (χ4v) is 9.20. The van der Waals surface area contributed by atoms with Crippen LogP contribution in [0.3, 0.4) is 0 Å². The van der Waals surface area contributed by atoms with Gasteiger partial charge >= 0.3 is 0 Å². The van der Waals surface area contributed by atoms with Gasteiger partial charge in [-0.25, -0.2) is 0 Å². The van der Waals surface area contributed by atoms with Crippen LogP contribution in [0.4, 0.5) is 0 Å². The SMILES string of the molecule is C/C=C\C(=C/C)c1c(-c2cccc(Br)c2)sc(C2=C3C=CCCC3C(C3=CCCC=C3)c3ccccc32)c1-c1ccccc1. The smallest absolute Gasteiger partial charge is 0.0443 e. The minimum absolute atomic E-state index is 0.393. The molecule has 2 unspecified atom stereocenters. The van der Waals surface area contributed by atoms with Gasteiger partial charge in [-0.15, -0.1) is 11.3 Å². The molecule has 0 saturated heterocycles. The molecule has 4 aromatic rings. The van der Waals surface area contributed by atoms with Gasteiger partial charge in [-0.2, -0.15) is 0 Å². The Labute approximate surface area is 274 Å². The third-order valence-electron chi connectivity index (χ3n) is 9.21. The van der Waals surface area contributed by atoms with Crippen LogP contribution < -0.4 is 0 Å². The fourth-order valence-electron chi connectivity index (χ4n) is 7.38. The molecule has 0 bridgehead atoms. The van der Waals surface area contributed by atoms with Crippen molar-refractivity contribution >= 4 is 38.4 Å². The maximum absolute atomic E-state index is 3.77. The minimum atomic E-state index is 0.393. The van der Waals surface area contributed by atoms with Crippen molar-refractivity contribution in [3.63, 3.8) is 0 Å². The van der Waals surface area contributed by atoms with Crippen molar-refractivity contribution in [1.82, 2.24) is 0 Å². The molecular formula is C42H37BrS. The molecule has 0 spiro atoms. The van der Waals surface area contributed by atoms with Gasteiger partial charge < -0.3 is 0 Å². The molecule has 1 heterocycles. The van der Waals surface area contributed by atoms with E-state index >= 15 is 0 Å². The van der Waals surface area contributed by atoms with Crippen LogP contribution in [0.25, 0.3) is 32.7 Å². The molecule has 2 atom stereocenters. The number of benzene rings is 3. The summed E-state index contributed by atoms with van der Waals surface area (Å²) in [6.45, 7) is 4.28. The van der Waals surface area contributed by atoms with E-state index in [1.54, 1.807) is 0 Å². The van der Waals surface area contributed by atoms with Crippen LogP contribution in [0.1, 0.15) is 67.0 Å². The lowest BCUT2D eigenvalue weighted by Gasteiger charge is -2.39. The van der Waals surface area contributed by atoms with Crippen molar-refractivity contribution in [1.29, 1.82) is 0 Å². The van der Waals surface area contributed by atoms with Crippen molar-refractivity contribution in [3.05, 3.63) is 165 Å². The largest absolute Gasteiger partial charge is 0.134 e. The van der Waals surface area contributed by atoms with Gasteiger partial charge in [0, 0.05) is 36.8 Å². The summed E-state index contributed by atoms with van der Waals surface area (Å²) in [5, 5.41) is 0. The lowest BCUT2D eigenvalue weighted by Crippen LogP contribution is -2.25. The second-order valence-electron chi connectivity index (χ2n) is 11.8. The molecule has 0 fully saturated rings. The number of thiophene rings is 1. The molecule has 3 aromatic carbocycles. The average molecular weight is 654 g/mol. The van der Waals surface area contributed by atoms with Gasteiger partial charge in [-0.3, -0.25) is 0 Å². The number of hydrogen-bond acceptors (Lipinski definition) is 1. The molecule has 2 heteroatoms. The first kappa shape index (κ1) is 29.0. The molecule has 0 amide bonds. The Kier molecular flexibility index (Phi) is 8.39. The summed E-state index contributed by atoms with van der Waals surface area (Å²) < 4.78 is 1.10. The summed E-state index contributed by atoms with van der Waals surface area (Å²) in [6, 6.07) is 29.1. The summed E-state index contributed by atoms with van der Waals surface area (Å²) in [6.07, 6.45) is 23.5. The van der Waals surface area contributed by atoms with Gasteiger partial charge in [0.05, 0.1) is 0 Å². The van der Waals surface area contributed by atoms with Crippen molar-refractivity contribution < 1.29 is 0 Å². The summed E-state index contributed by atoms with van der Waals surface area (Å²) >= 11 is 5.73. The first-order valence-corrected chi connectivity index (χ1v) is 17.4. The Morgan fingerprint density at radius 1 is 0.818 bits per heavy atom. The van der Waals surface area contributed by atoms with Gasteiger partial charge in [-0.1, -0.05) is 131 Å². The quantitative estimate of drug-likeness (QED) is 0.182. The lowest BCUT2D eigenvalue weighted by molar-refractivity contribution is 0.493. The number of allylic oxidation sites excluding steroid dienone is 11. The number of halogens is 1. The van der Waals surface area contributed by atoms with E-state index in [-0.39, 0.29) is 0 Å². The van der Waals surface area contributed by atoms with Crippen LogP contribution in [-0.2, 0) is 0 Å². The van der Waals surface area contributed by atoms with Crippen LogP contribution in [-0.4, -0.2) is 0 Å². The summed E-state index contributed by atoms with van der Waals surface area (Å²) in [5.41, 5.74) is 13.7. The highest BCUT2D eigenvalue weighted by Crippen LogP contribution is 2.57. The zero-order valence-electron chi connectivity index (χ0n) is 25.4. The molecule has 0 radical (unpaired) electrons. The molecular weight excluding hydrogens is 616 g/mol. The highest BCUT2D eigenvalue weighted by molar-refractivity contribution is 9.10. The van der Waals surface area contributed by atoms with E-state index in [1.807, 2.05) is 11.3 Å². The van der Waals surface area contributed by atoms with Gasteiger partial charge in [0.2, 0.25) is 0 Å². The zero-order valence-corrected chi connectivity index (χ0v) is 27.8. The normalized spacial score (nSPS) is 19.7. The highest BCUT2D eigenvalue weighted by atomic mass is 79.9. The molecule has 3 aliphatic rings. The Bertz CT molecular complexity index is 1890.